The van der Waals surface area contributed by atoms with E-state index in [1.165, 1.54) is 24.3 Å². The van der Waals surface area contributed by atoms with Crippen LogP contribution in [-0.2, 0) is 4.79 Å². The van der Waals surface area contributed by atoms with Crippen molar-refractivity contribution >= 4 is 39.9 Å². The van der Waals surface area contributed by atoms with Gasteiger partial charge >= 0.3 is 11.9 Å². The molecule has 1 amide bonds. The fourth-order valence-corrected chi connectivity index (χ4v) is 2.95. The fourth-order valence-electron chi connectivity index (χ4n) is 2.95. The summed E-state index contributed by atoms with van der Waals surface area (Å²) in [4.78, 5) is 35.1. The Balaban J connectivity index is 1.89. The third-order valence-corrected chi connectivity index (χ3v) is 4.32. The van der Waals surface area contributed by atoms with E-state index < -0.39 is 23.4 Å². The largest absolute Gasteiger partial charge is 0.478 e. The van der Waals surface area contributed by atoms with Crippen molar-refractivity contribution in [2.45, 2.75) is 6.92 Å². The topological polar surface area (TPSA) is 104 Å². The number of allylic oxidation sites excluding steroid dienone is 1. The Morgan fingerprint density at radius 2 is 1.57 bits per heavy atom. The van der Waals surface area contributed by atoms with E-state index in [1.54, 1.807) is 6.92 Å². The predicted octanol–water partition coefficient (Wildman–Crippen LogP) is 4.28. The quantitative estimate of drug-likeness (QED) is 0.578. The van der Waals surface area contributed by atoms with Gasteiger partial charge in [-0.15, -0.1) is 0 Å². The van der Waals surface area contributed by atoms with Gasteiger partial charge in [0.15, 0.2) is 0 Å². The van der Waals surface area contributed by atoms with Crippen LogP contribution in [0.15, 0.2) is 66.7 Å². The highest BCUT2D eigenvalue weighted by Crippen LogP contribution is 2.23. The highest BCUT2D eigenvalue weighted by Gasteiger charge is 2.20. The van der Waals surface area contributed by atoms with E-state index in [0.717, 1.165) is 16.3 Å². The third-order valence-electron chi connectivity index (χ3n) is 4.32. The van der Waals surface area contributed by atoms with Crippen LogP contribution >= 0.6 is 0 Å². The number of hydrogen-bond donors (Lipinski definition) is 3. The Hall–Kier alpha value is -3.93. The number of carboxylic acid groups (broad SMARTS) is 2. The standard InChI is InChI=1S/C22H17NO5/c1-13(15-10-9-14-5-2-3-6-16(14)12-15)11-19(24)23-18-8-4-7-17(21(25)26)20(18)22(27)28/h2-12H,1H3,(H,23,24)(H,25,26)(H,27,28). The van der Waals surface area contributed by atoms with Crippen molar-refractivity contribution in [1.82, 2.24) is 0 Å². The van der Waals surface area contributed by atoms with Crippen LogP contribution in [0.25, 0.3) is 16.3 Å². The van der Waals surface area contributed by atoms with Crippen molar-refractivity contribution in [3.8, 4) is 0 Å². The van der Waals surface area contributed by atoms with E-state index in [1.807, 2.05) is 42.5 Å². The monoisotopic (exact) mass is 375 g/mol. The zero-order valence-electron chi connectivity index (χ0n) is 15.0. The van der Waals surface area contributed by atoms with Gasteiger partial charge in [0.05, 0.1) is 16.8 Å². The smallest absolute Gasteiger partial charge is 0.338 e. The maximum atomic E-state index is 12.4. The molecule has 3 aromatic rings. The molecule has 3 rings (SSSR count). The van der Waals surface area contributed by atoms with Crippen LogP contribution < -0.4 is 5.32 Å². The van der Waals surface area contributed by atoms with Crippen molar-refractivity contribution < 1.29 is 24.6 Å². The zero-order chi connectivity index (χ0) is 20.3. The first-order valence-electron chi connectivity index (χ1n) is 8.45. The number of amides is 1. The molecule has 0 spiro atoms. The summed E-state index contributed by atoms with van der Waals surface area (Å²) >= 11 is 0. The highest BCUT2D eigenvalue weighted by molar-refractivity contribution is 6.11. The van der Waals surface area contributed by atoms with Gasteiger partial charge in [-0.1, -0.05) is 42.5 Å². The molecule has 0 aliphatic rings. The summed E-state index contributed by atoms with van der Waals surface area (Å²) in [6, 6.07) is 17.6. The molecule has 0 unspecified atom stereocenters. The van der Waals surface area contributed by atoms with Crippen LogP contribution in [0.3, 0.4) is 0 Å². The Kier molecular flexibility index (Phi) is 5.22. The summed E-state index contributed by atoms with van der Waals surface area (Å²) in [5.41, 5.74) is 0.627. The van der Waals surface area contributed by atoms with Gasteiger partial charge in [-0.2, -0.15) is 0 Å². The number of rotatable bonds is 5. The van der Waals surface area contributed by atoms with Gasteiger partial charge in [0.1, 0.15) is 0 Å². The van der Waals surface area contributed by atoms with E-state index in [2.05, 4.69) is 5.32 Å². The van der Waals surface area contributed by atoms with Gasteiger partial charge < -0.3 is 15.5 Å². The molecule has 0 atom stereocenters. The lowest BCUT2D eigenvalue weighted by atomic mass is 10.0. The molecule has 140 valence electrons. The normalized spacial score (nSPS) is 11.2. The molecule has 6 heteroatoms. The average Bonchev–Trinajstić information content (AvgIpc) is 2.67. The van der Waals surface area contributed by atoms with Gasteiger partial charge in [0, 0.05) is 6.08 Å². The lowest BCUT2D eigenvalue weighted by Crippen LogP contribution is -2.16. The molecule has 0 aliphatic carbocycles. The van der Waals surface area contributed by atoms with E-state index in [-0.39, 0.29) is 11.3 Å². The van der Waals surface area contributed by atoms with Gasteiger partial charge in [-0.05, 0) is 47.0 Å². The number of fused-ring (bicyclic) bond motifs is 1. The van der Waals surface area contributed by atoms with E-state index in [4.69, 9.17) is 5.11 Å². The number of benzene rings is 3. The van der Waals surface area contributed by atoms with Crippen LogP contribution in [0.1, 0.15) is 33.2 Å². The molecule has 0 saturated heterocycles. The molecule has 0 heterocycles. The first-order chi connectivity index (χ1) is 13.4. The zero-order valence-corrected chi connectivity index (χ0v) is 15.0. The number of carbonyl (C=O) groups is 3. The van der Waals surface area contributed by atoms with Crippen molar-refractivity contribution in [1.29, 1.82) is 0 Å². The Morgan fingerprint density at radius 3 is 2.25 bits per heavy atom. The number of aromatic carboxylic acids is 2. The molecular weight excluding hydrogens is 358 g/mol. The van der Waals surface area contributed by atoms with Crippen LogP contribution in [0.2, 0.25) is 0 Å². The van der Waals surface area contributed by atoms with Crippen molar-refractivity contribution in [3.05, 3.63) is 83.4 Å². The van der Waals surface area contributed by atoms with Crippen molar-refractivity contribution in [3.63, 3.8) is 0 Å². The maximum Gasteiger partial charge on any atom is 0.338 e. The lowest BCUT2D eigenvalue weighted by Gasteiger charge is -2.10. The first-order valence-corrected chi connectivity index (χ1v) is 8.45. The van der Waals surface area contributed by atoms with Crippen molar-refractivity contribution in [2.24, 2.45) is 0 Å². The van der Waals surface area contributed by atoms with E-state index in [0.29, 0.717) is 5.57 Å². The van der Waals surface area contributed by atoms with Crippen LogP contribution in [0, 0.1) is 0 Å². The molecule has 3 N–H and O–H groups in total. The average molecular weight is 375 g/mol. The summed E-state index contributed by atoms with van der Waals surface area (Å²) in [6.07, 6.45) is 1.35. The van der Waals surface area contributed by atoms with Crippen LogP contribution in [0.5, 0.6) is 0 Å². The maximum absolute atomic E-state index is 12.4. The predicted molar refractivity (Wildman–Crippen MR) is 107 cm³/mol. The minimum atomic E-state index is -1.43. The molecule has 28 heavy (non-hydrogen) atoms. The van der Waals surface area contributed by atoms with Gasteiger partial charge in [-0.3, -0.25) is 4.79 Å². The summed E-state index contributed by atoms with van der Waals surface area (Å²) in [5, 5.41) is 23.1. The van der Waals surface area contributed by atoms with E-state index in [9.17, 15) is 19.5 Å². The number of anilines is 1. The summed E-state index contributed by atoms with van der Waals surface area (Å²) in [6.45, 7) is 1.77. The minimum absolute atomic E-state index is 0.0695. The molecule has 0 saturated carbocycles. The number of carbonyl (C=O) groups excluding carboxylic acids is 1. The Morgan fingerprint density at radius 1 is 0.857 bits per heavy atom. The van der Waals surface area contributed by atoms with Gasteiger partial charge in [-0.25, -0.2) is 9.59 Å². The Bertz CT molecular complexity index is 1130. The summed E-state index contributed by atoms with van der Waals surface area (Å²) < 4.78 is 0. The third kappa shape index (κ3) is 3.91. The molecule has 0 fully saturated rings. The second kappa shape index (κ2) is 7.75. The van der Waals surface area contributed by atoms with Gasteiger partial charge in [0.25, 0.3) is 0 Å². The molecule has 0 aliphatic heterocycles. The van der Waals surface area contributed by atoms with Crippen LogP contribution in [-0.4, -0.2) is 28.1 Å². The highest BCUT2D eigenvalue weighted by atomic mass is 16.4. The van der Waals surface area contributed by atoms with Gasteiger partial charge in [0.2, 0.25) is 5.91 Å². The summed E-state index contributed by atoms with van der Waals surface area (Å²) in [5.74, 6) is -3.35. The summed E-state index contributed by atoms with van der Waals surface area (Å²) in [7, 11) is 0. The second-order valence-corrected chi connectivity index (χ2v) is 6.22. The van der Waals surface area contributed by atoms with Crippen LogP contribution in [0.4, 0.5) is 5.69 Å². The minimum Gasteiger partial charge on any atom is -0.478 e. The number of nitrogens with one attached hydrogen (secondary N) is 1. The molecule has 6 nitrogen and oxygen atoms in total. The molecular formula is C22H17NO5. The fraction of sp³-hybridized carbons (Fsp3) is 0.0455. The Labute approximate surface area is 160 Å². The number of hydrogen-bond acceptors (Lipinski definition) is 3. The second-order valence-electron chi connectivity index (χ2n) is 6.22. The molecule has 3 aromatic carbocycles. The van der Waals surface area contributed by atoms with Crippen molar-refractivity contribution in [2.75, 3.05) is 5.32 Å². The lowest BCUT2D eigenvalue weighted by molar-refractivity contribution is -0.111. The van der Waals surface area contributed by atoms with E-state index >= 15 is 0 Å². The first kappa shape index (κ1) is 18.8. The molecule has 0 radical (unpaired) electrons. The number of carboxylic acids is 2. The molecule has 0 bridgehead atoms. The molecule has 0 aromatic heterocycles. The SMILES string of the molecule is CC(=CC(=O)Nc1cccc(C(=O)O)c1C(=O)O)c1ccc2ccccc2c1.